The first-order chi connectivity index (χ1) is 19.1. The lowest BCUT2D eigenvalue weighted by Gasteiger charge is -2.21. The third-order valence-electron chi connectivity index (χ3n) is 7.27. The van der Waals surface area contributed by atoms with Crippen LogP contribution in [0.5, 0.6) is 5.75 Å². The largest absolute Gasteiger partial charge is 0.493 e. The van der Waals surface area contributed by atoms with Gasteiger partial charge in [0.15, 0.2) is 0 Å². The zero-order valence-electron chi connectivity index (χ0n) is 24.0. The standard InChI is InChI=1S/C33H47ClN2O2S/c1-3-4-5-6-7-8-9-10-11-12-13-16-21-38-32-23-30(34)20-19-28(32)22-33(37)35-31-18-15-14-17-29(31)24-36-26-39-25-27(36)2/h14-15,17-20,23,25H,3-13,16,21-22,24,26H2,1-2H3,(H,35,37). The average Bonchev–Trinajstić information content (AvgIpc) is 3.33. The Morgan fingerprint density at radius 2 is 1.59 bits per heavy atom. The Labute approximate surface area is 245 Å². The van der Waals surface area contributed by atoms with Crippen molar-refractivity contribution >= 4 is 35.0 Å². The van der Waals surface area contributed by atoms with E-state index in [0.717, 1.165) is 35.7 Å². The summed E-state index contributed by atoms with van der Waals surface area (Å²) in [6, 6.07) is 13.6. The summed E-state index contributed by atoms with van der Waals surface area (Å²) in [5.74, 6) is 1.60. The number of hydrogen-bond donors (Lipinski definition) is 1. The van der Waals surface area contributed by atoms with Crippen LogP contribution in [0.4, 0.5) is 5.69 Å². The molecule has 0 radical (unpaired) electrons. The minimum absolute atomic E-state index is 0.0527. The van der Waals surface area contributed by atoms with Gasteiger partial charge in [0, 0.05) is 28.5 Å². The van der Waals surface area contributed by atoms with E-state index < -0.39 is 0 Å². The van der Waals surface area contributed by atoms with Crippen molar-refractivity contribution in [2.45, 2.75) is 104 Å². The molecule has 1 heterocycles. The molecule has 0 aromatic heterocycles. The number of carbonyl (C=O) groups excluding carboxylic acids is 1. The van der Waals surface area contributed by atoms with Crippen LogP contribution in [0.2, 0.25) is 5.02 Å². The van der Waals surface area contributed by atoms with Crippen LogP contribution in [0.25, 0.3) is 0 Å². The van der Waals surface area contributed by atoms with E-state index >= 15 is 0 Å². The Balaban J connectivity index is 1.38. The summed E-state index contributed by atoms with van der Waals surface area (Å²) in [7, 11) is 0. The molecule has 2 aromatic carbocycles. The second-order valence-corrected chi connectivity index (χ2v) is 11.9. The number of amides is 1. The number of thioether (sulfide) groups is 1. The second-order valence-electron chi connectivity index (χ2n) is 10.6. The van der Waals surface area contributed by atoms with Crippen molar-refractivity contribution in [2.24, 2.45) is 0 Å². The molecule has 1 N–H and O–H groups in total. The molecule has 39 heavy (non-hydrogen) atoms. The zero-order valence-corrected chi connectivity index (χ0v) is 25.6. The highest BCUT2D eigenvalue weighted by molar-refractivity contribution is 8.02. The van der Waals surface area contributed by atoms with E-state index in [1.54, 1.807) is 11.8 Å². The van der Waals surface area contributed by atoms with Crippen LogP contribution in [-0.2, 0) is 17.8 Å². The van der Waals surface area contributed by atoms with Crippen molar-refractivity contribution in [3.05, 3.63) is 69.7 Å². The number of unbranched alkanes of at least 4 members (excludes halogenated alkanes) is 11. The van der Waals surface area contributed by atoms with E-state index in [0.29, 0.717) is 17.4 Å². The Bertz CT molecular complexity index is 1040. The van der Waals surface area contributed by atoms with Gasteiger partial charge in [0.2, 0.25) is 5.91 Å². The zero-order chi connectivity index (χ0) is 27.7. The van der Waals surface area contributed by atoms with Gasteiger partial charge in [0.05, 0.1) is 18.9 Å². The minimum Gasteiger partial charge on any atom is -0.493 e. The van der Waals surface area contributed by atoms with Crippen LogP contribution >= 0.6 is 23.4 Å². The van der Waals surface area contributed by atoms with Crippen molar-refractivity contribution < 1.29 is 9.53 Å². The lowest BCUT2D eigenvalue weighted by atomic mass is 10.1. The topological polar surface area (TPSA) is 41.6 Å². The van der Waals surface area contributed by atoms with Crippen LogP contribution in [0.3, 0.4) is 0 Å². The van der Waals surface area contributed by atoms with Crippen LogP contribution < -0.4 is 10.1 Å². The summed E-state index contributed by atoms with van der Waals surface area (Å²) in [5, 5.41) is 5.93. The highest BCUT2D eigenvalue weighted by Crippen LogP contribution is 2.28. The number of hydrogen-bond acceptors (Lipinski definition) is 4. The Hall–Kier alpha value is -2.11. The molecular weight excluding hydrogens is 524 g/mol. The maximum atomic E-state index is 13.0. The van der Waals surface area contributed by atoms with Crippen molar-refractivity contribution in [1.29, 1.82) is 0 Å². The molecule has 0 bridgehead atoms. The Morgan fingerprint density at radius 1 is 0.923 bits per heavy atom. The van der Waals surface area contributed by atoms with Gasteiger partial charge in [0.25, 0.3) is 0 Å². The fourth-order valence-corrected chi connectivity index (χ4v) is 5.98. The first-order valence-corrected chi connectivity index (χ1v) is 16.3. The van der Waals surface area contributed by atoms with E-state index in [-0.39, 0.29) is 12.3 Å². The predicted molar refractivity (Wildman–Crippen MR) is 169 cm³/mol. The molecule has 2 aromatic rings. The molecule has 0 spiro atoms. The fraction of sp³-hybridized carbons (Fsp3) is 0.545. The van der Waals surface area contributed by atoms with E-state index in [4.69, 9.17) is 16.3 Å². The van der Waals surface area contributed by atoms with Crippen molar-refractivity contribution in [1.82, 2.24) is 4.90 Å². The summed E-state index contributed by atoms with van der Waals surface area (Å²) in [4.78, 5) is 15.3. The van der Waals surface area contributed by atoms with E-state index in [1.807, 2.05) is 36.4 Å². The molecule has 0 aliphatic carbocycles. The Kier molecular flexibility index (Phi) is 14.7. The molecule has 0 saturated carbocycles. The molecule has 3 rings (SSSR count). The van der Waals surface area contributed by atoms with Crippen LogP contribution in [0.15, 0.2) is 53.6 Å². The number of ether oxygens (including phenoxy) is 1. The first kappa shape index (κ1) is 31.4. The molecule has 0 fully saturated rings. The number of halogens is 1. The van der Waals surface area contributed by atoms with Gasteiger partial charge in [-0.25, -0.2) is 0 Å². The van der Waals surface area contributed by atoms with Crippen LogP contribution in [0, 0.1) is 0 Å². The molecular formula is C33H47ClN2O2S. The third kappa shape index (κ3) is 11.9. The summed E-state index contributed by atoms with van der Waals surface area (Å²) < 4.78 is 6.11. The number of benzene rings is 2. The van der Waals surface area contributed by atoms with Gasteiger partial charge in [-0.2, -0.15) is 0 Å². The number of carbonyl (C=O) groups is 1. The number of anilines is 1. The molecule has 1 aliphatic rings. The lowest BCUT2D eigenvalue weighted by Crippen LogP contribution is -2.20. The van der Waals surface area contributed by atoms with Crippen LogP contribution in [0.1, 0.15) is 102 Å². The number of allylic oxidation sites excluding steroid dienone is 1. The van der Waals surface area contributed by atoms with Crippen molar-refractivity contribution in [3.63, 3.8) is 0 Å². The maximum Gasteiger partial charge on any atom is 0.228 e. The van der Waals surface area contributed by atoms with Gasteiger partial charge in [0.1, 0.15) is 5.75 Å². The second kappa shape index (κ2) is 18.3. The quantitative estimate of drug-likeness (QED) is 0.171. The molecule has 0 saturated heterocycles. The fourth-order valence-electron chi connectivity index (χ4n) is 4.88. The van der Waals surface area contributed by atoms with Gasteiger partial charge in [-0.05, 0) is 42.5 Å². The Morgan fingerprint density at radius 3 is 2.26 bits per heavy atom. The number of nitrogens with one attached hydrogen (secondary N) is 1. The van der Waals surface area contributed by atoms with Gasteiger partial charge < -0.3 is 15.0 Å². The normalized spacial score (nSPS) is 13.0. The molecule has 6 heteroatoms. The van der Waals surface area contributed by atoms with E-state index in [1.165, 1.54) is 76.3 Å². The summed E-state index contributed by atoms with van der Waals surface area (Å²) in [5.41, 5.74) is 4.10. The summed E-state index contributed by atoms with van der Waals surface area (Å²) in [6.07, 6.45) is 16.0. The average molecular weight is 571 g/mol. The SMILES string of the molecule is CCCCCCCCCCCCCCOc1cc(Cl)ccc1CC(=O)Nc1ccccc1CN1CSC=C1C. The van der Waals surface area contributed by atoms with E-state index in [9.17, 15) is 4.79 Å². The van der Waals surface area contributed by atoms with Gasteiger partial charge in [-0.1, -0.05) is 113 Å². The third-order valence-corrected chi connectivity index (χ3v) is 8.48. The van der Waals surface area contributed by atoms with Gasteiger partial charge in [-0.3, -0.25) is 4.79 Å². The summed E-state index contributed by atoms with van der Waals surface area (Å²) in [6.45, 7) is 5.82. The number of para-hydroxylation sites is 1. The predicted octanol–water partition coefficient (Wildman–Crippen LogP) is 9.97. The van der Waals surface area contributed by atoms with Crippen LogP contribution in [-0.4, -0.2) is 23.3 Å². The molecule has 0 unspecified atom stereocenters. The monoisotopic (exact) mass is 570 g/mol. The minimum atomic E-state index is -0.0527. The van der Waals surface area contributed by atoms with Crippen molar-refractivity contribution in [2.75, 3.05) is 17.8 Å². The maximum absolute atomic E-state index is 13.0. The highest BCUT2D eigenvalue weighted by Gasteiger charge is 2.16. The molecule has 214 valence electrons. The van der Waals surface area contributed by atoms with E-state index in [2.05, 4.69) is 35.5 Å². The molecule has 1 aliphatic heterocycles. The number of nitrogens with zero attached hydrogens (tertiary/aromatic N) is 1. The molecule has 0 atom stereocenters. The smallest absolute Gasteiger partial charge is 0.228 e. The lowest BCUT2D eigenvalue weighted by molar-refractivity contribution is -0.115. The molecule has 4 nitrogen and oxygen atoms in total. The summed E-state index contributed by atoms with van der Waals surface area (Å²) >= 11 is 8.07. The van der Waals surface area contributed by atoms with Gasteiger partial charge >= 0.3 is 0 Å². The first-order valence-electron chi connectivity index (χ1n) is 14.9. The van der Waals surface area contributed by atoms with Gasteiger partial charge in [-0.15, -0.1) is 11.8 Å². The highest BCUT2D eigenvalue weighted by atomic mass is 35.5. The van der Waals surface area contributed by atoms with Crippen molar-refractivity contribution in [3.8, 4) is 5.75 Å². The number of rotatable bonds is 19. The molecule has 1 amide bonds.